The number of nitro benzene ring substituents is 1. The Bertz CT molecular complexity index is 1200. The van der Waals surface area contributed by atoms with Gasteiger partial charge in [0.25, 0.3) is 11.6 Å². The summed E-state index contributed by atoms with van der Waals surface area (Å²) in [7, 11) is 1.57. The van der Waals surface area contributed by atoms with Crippen LogP contribution in [0.1, 0.15) is 6.92 Å². The molecule has 0 spiro atoms. The molecule has 2 heterocycles. The maximum atomic E-state index is 12.8. The van der Waals surface area contributed by atoms with Gasteiger partial charge < -0.3 is 4.74 Å². The minimum Gasteiger partial charge on any atom is -0.497 e. The number of thiazole rings is 1. The van der Waals surface area contributed by atoms with Gasteiger partial charge in [0.15, 0.2) is 6.04 Å². The Balaban J connectivity index is 1.52. The zero-order valence-electron chi connectivity index (χ0n) is 16.5. The van der Waals surface area contributed by atoms with E-state index < -0.39 is 11.0 Å². The van der Waals surface area contributed by atoms with Gasteiger partial charge >= 0.3 is 0 Å². The summed E-state index contributed by atoms with van der Waals surface area (Å²) >= 11 is 1.21. The van der Waals surface area contributed by atoms with Crippen LogP contribution in [0.25, 0.3) is 11.3 Å². The zero-order valence-corrected chi connectivity index (χ0v) is 17.3. The fourth-order valence-electron chi connectivity index (χ4n) is 2.87. The van der Waals surface area contributed by atoms with Crippen molar-refractivity contribution in [2.24, 2.45) is 15.3 Å². The van der Waals surface area contributed by atoms with Crippen LogP contribution in [0.3, 0.4) is 0 Å². The Kier molecular flexibility index (Phi) is 5.50. The van der Waals surface area contributed by atoms with Crippen molar-refractivity contribution in [3.05, 3.63) is 64.0 Å². The lowest BCUT2D eigenvalue weighted by atomic mass is 10.1. The van der Waals surface area contributed by atoms with E-state index in [1.807, 2.05) is 0 Å². The number of anilines is 1. The SMILES string of the molecule is COc1ccc(N=NC2C(=O)N(c3nc(-c4cccc([N+](=O)[O-])c4)cs3)N=C2C)cc1. The monoisotopic (exact) mass is 436 g/mol. The Hall–Kier alpha value is -3.99. The average molecular weight is 436 g/mol. The fourth-order valence-corrected chi connectivity index (χ4v) is 3.66. The second-order valence-electron chi connectivity index (χ2n) is 6.53. The number of nitrogens with zero attached hydrogens (tertiary/aromatic N) is 6. The predicted molar refractivity (Wildman–Crippen MR) is 116 cm³/mol. The Morgan fingerprint density at radius 3 is 2.71 bits per heavy atom. The van der Waals surface area contributed by atoms with Crippen LogP contribution in [0.4, 0.5) is 16.5 Å². The van der Waals surface area contributed by atoms with Crippen molar-refractivity contribution in [2.75, 3.05) is 12.1 Å². The Morgan fingerprint density at radius 1 is 1.23 bits per heavy atom. The number of benzene rings is 2. The molecule has 1 aromatic heterocycles. The van der Waals surface area contributed by atoms with E-state index >= 15 is 0 Å². The lowest BCUT2D eigenvalue weighted by Gasteiger charge is -2.08. The third-order valence-corrected chi connectivity index (χ3v) is 5.30. The van der Waals surface area contributed by atoms with E-state index in [1.54, 1.807) is 55.8 Å². The average Bonchev–Trinajstić information content (AvgIpc) is 3.37. The van der Waals surface area contributed by atoms with E-state index in [0.29, 0.717) is 33.5 Å². The van der Waals surface area contributed by atoms with Crippen LogP contribution in [0.2, 0.25) is 0 Å². The molecule has 156 valence electrons. The summed E-state index contributed by atoms with van der Waals surface area (Å²) < 4.78 is 5.11. The number of azo groups is 1. The van der Waals surface area contributed by atoms with E-state index in [2.05, 4.69) is 20.3 Å². The number of methoxy groups -OCH3 is 1. The van der Waals surface area contributed by atoms with E-state index in [9.17, 15) is 14.9 Å². The maximum Gasteiger partial charge on any atom is 0.282 e. The number of nitro groups is 1. The molecule has 0 bridgehead atoms. The highest BCUT2D eigenvalue weighted by atomic mass is 32.1. The molecule has 3 aromatic rings. The third kappa shape index (κ3) is 4.16. The third-order valence-electron chi connectivity index (χ3n) is 4.48. The molecule has 0 aliphatic carbocycles. The minimum atomic E-state index is -0.840. The van der Waals surface area contributed by atoms with E-state index in [-0.39, 0.29) is 11.6 Å². The molecule has 0 radical (unpaired) electrons. The van der Waals surface area contributed by atoms with Crippen LogP contribution in [-0.4, -0.2) is 34.7 Å². The maximum absolute atomic E-state index is 12.8. The number of non-ortho nitro benzene ring substituents is 1. The molecule has 2 aromatic carbocycles. The molecular weight excluding hydrogens is 420 g/mol. The zero-order chi connectivity index (χ0) is 22.0. The second kappa shape index (κ2) is 8.40. The van der Waals surface area contributed by atoms with Crippen molar-refractivity contribution >= 4 is 39.5 Å². The van der Waals surface area contributed by atoms with Crippen molar-refractivity contribution in [3.63, 3.8) is 0 Å². The molecule has 0 N–H and O–H groups in total. The fraction of sp³-hybridized carbons (Fsp3) is 0.150. The quantitative estimate of drug-likeness (QED) is 0.317. The van der Waals surface area contributed by atoms with Crippen LogP contribution >= 0.6 is 11.3 Å². The van der Waals surface area contributed by atoms with Gasteiger partial charge in [0.05, 0.1) is 29.1 Å². The number of hydrogen-bond donors (Lipinski definition) is 0. The number of hydrogen-bond acceptors (Lipinski definition) is 9. The van der Waals surface area contributed by atoms with Crippen molar-refractivity contribution in [2.45, 2.75) is 13.0 Å². The first-order valence-corrected chi connectivity index (χ1v) is 9.98. The highest BCUT2D eigenvalue weighted by molar-refractivity contribution is 7.14. The highest BCUT2D eigenvalue weighted by Gasteiger charge is 2.36. The number of hydrazone groups is 1. The smallest absolute Gasteiger partial charge is 0.282 e. The van der Waals surface area contributed by atoms with Crippen molar-refractivity contribution < 1.29 is 14.5 Å². The van der Waals surface area contributed by atoms with Gasteiger partial charge in [-0.2, -0.15) is 20.3 Å². The molecule has 1 unspecified atom stereocenters. The Labute approximate surface area is 180 Å². The first-order chi connectivity index (χ1) is 15.0. The molecular formula is C20H16N6O4S. The molecule has 0 saturated heterocycles. The van der Waals surface area contributed by atoms with Crippen molar-refractivity contribution in [3.8, 4) is 17.0 Å². The summed E-state index contributed by atoms with van der Waals surface area (Å²) in [5, 5.41) is 26.8. The molecule has 1 aliphatic rings. The van der Waals surface area contributed by atoms with Gasteiger partial charge in [-0.1, -0.05) is 12.1 Å². The molecule has 0 fully saturated rings. The first-order valence-electron chi connectivity index (χ1n) is 9.10. The van der Waals surface area contributed by atoms with Crippen LogP contribution in [0, 0.1) is 10.1 Å². The van der Waals surface area contributed by atoms with Gasteiger partial charge in [0.2, 0.25) is 5.13 Å². The number of carbonyl (C=O) groups excluding carboxylic acids is 1. The van der Waals surface area contributed by atoms with E-state index in [0.717, 1.165) is 0 Å². The number of amides is 1. The molecule has 1 atom stereocenters. The van der Waals surface area contributed by atoms with Gasteiger partial charge in [-0.3, -0.25) is 14.9 Å². The first kappa shape index (κ1) is 20.3. The molecule has 1 aliphatic heterocycles. The molecule has 31 heavy (non-hydrogen) atoms. The van der Waals surface area contributed by atoms with Crippen LogP contribution in [0.5, 0.6) is 5.75 Å². The van der Waals surface area contributed by atoms with Crippen LogP contribution in [0.15, 0.2) is 69.2 Å². The lowest BCUT2D eigenvalue weighted by molar-refractivity contribution is -0.384. The summed E-state index contributed by atoms with van der Waals surface area (Å²) in [6.07, 6.45) is 0. The van der Waals surface area contributed by atoms with Gasteiger partial charge in [-0.25, -0.2) is 4.98 Å². The molecule has 11 heteroatoms. The summed E-state index contributed by atoms with van der Waals surface area (Å²) in [6, 6.07) is 12.3. The summed E-state index contributed by atoms with van der Waals surface area (Å²) in [5.74, 6) is 0.331. The summed E-state index contributed by atoms with van der Waals surface area (Å²) in [6.45, 7) is 1.70. The van der Waals surface area contributed by atoms with Crippen molar-refractivity contribution in [1.82, 2.24) is 4.98 Å². The lowest BCUT2D eigenvalue weighted by Crippen LogP contribution is -2.29. The van der Waals surface area contributed by atoms with Crippen molar-refractivity contribution in [1.29, 1.82) is 0 Å². The van der Waals surface area contributed by atoms with Gasteiger partial charge in [0, 0.05) is 23.1 Å². The number of aromatic nitrogens is 1. The molecule has 10 nitrogen and oxygen atoms in total. The number of rotatable bonds is 6. The normalized spacial score (nSPS) is 16.1. The van der Waals surface area contributed by atoms with Gasteiger partial charge in [-0.05, 0) is 31.2 Å². The van der Waals surface area contributed by atoms with Crippen LogP contribution < -0.4 is 9.75 Å². The molecule has 1 amide bonds. The number of ether oxygens (including phenoxy) is 1. The van der Waals surface area contributed by atoms with Crippen LogP contribution in [-0.2, 0) is 4.79 Å². The minimum absolute atomic E-state index is 0.0304. The van der Waals surface area contributed by atoms with Gasteiger partial charge in [-0.15, -0.1) is 11.3 Å². The predicted octanol–water partition coefficient (Wildman–Crippen LogP) is 4.60. The van der Waals surface area contributed by atoms with E-state index in [4.69, 9.17) is 4.74 Å². The second-order valence-corrected chi connectivity index (χ2v) is 7.37. The molecule has 4 rings (SSSR count). The Morgan fingerprint density at radius 2 is 2.00 bits per heavy atom. The highest BCUT2D eigenvalue weighted by Crippen LogP contribution is 2.32. The molecule has 0 saturated carbocycles. The van der Waals surface area contributed by atoms with Gasteiger partial charge in [0.1, 0.15) is 5.75 Å². The van der Waals surface area contributed by atoms with E-state index in [1.165, 1.54) is 28.5 Å². The topological polar surface area (TPSA) is 123 Å². The summed E-state index contributed by atoms with van der Waals surface area (Å²) in [4.78, 5) is 27.8. The summed E-state index contributed by atoms with van der Waals surface area (Å²) in [5.41, 5.74) is 2.15. The largest absolute Gasteiger partial charge is 0.497 e. The number of carbonyl (C=O) groups is 1. The standard InChI is InChI=1S/C20H16N6O4S/c1-12-18(23-22-14-6-8-16(30-2)9-7-14)19(27)25(24-12)20-21-17(11-31-20)13-4-3-5-15(10-13)26(28)29/h3-11,18H,1-2H3.